The largest absolute Gasteiger partial charge is 0.265 e. The Bertz CT molecular complexity index is 944. The van der Waals surface area contributed by atoms with Crippen LogP contribution in [0.2, 0.25) is 0 Å². The van der Waals surface area contributed by atoms with Crippen LogP contribution in [0.3, 0.4) is 0 Å². The minimum absolute atomic E-state index is 0.970. The molecule has 3 nitrogen and oxygen atoms in total. The molecule has 3 aromatic heterocycles. The molecule has 0 atom stereocenters. The van der Waals surface area contributed by atoms with Gasteiger partial charge in [-0.3, -0.25) is 15.0 Å². The molecule has 0 N–H and O–H groups in total. The summed E-state index contributed by atoms with van der Waals surface area (Å²) in [5.74, 6) is 0. The minimum atomic E-state index is 0.970. The van der Waals surface area contributed by atoms with Crippen molar-refractivity contribution in [1.29, 1.82) is 0 Å². The van der Waals surface area contributed by atoms with Gasteiger partial charge >= 0.3 is 0 Å². The van der Waals surface area contributed by atoms with E-state index in [0.717, 1.165) is 33.5 Å². The van der Waals surface area contributed by atoms with Gasteiger partial charge in [0.05, 0.1) is 5.69 Å². The van der Waals surface area contributed by atoms with Crippen molar-refractivity contribution in [3.63, 3.8) is 0 Å². The number of halogens is 1. The lowest BCUT2D eigenvalue weighted by atomic mass is 9.96. The molecule has 0 spiro atoms. The van der Waals surface area contributed by atoms with Crippen molar-refractivity contribution in [3.8, 4) is 33.5 Å². The molecule has 0 bridgehead atoms. The number of hydrogen-bond donors (Lipinski definition) is 0. The summed E-state index contributed by atoms with van der Waals surface area (Å²) in [7, 11) is 0. The van der Waals surface area contributed by atoms with Gasteiger partial charge < -0.3 is 0 Å². The van der Waals surface area contributed by atoms with E-state index in [9.17, 15) is 0 Å². The lowest BCUT2D eigenvalue weighted by Gasteiger charge is -2.10. The van der Waals surface area contributed by atoms with Crippen LogP contribution in [0.1, 0.15) is 0 Å². The van der Waals surface area contributed by atoms with Gasteiger partial charge in [0.1, 0.15) is 0 Å². The summed E-state index contributed by atoms with van der Waals surface area (Å²) < 4.78 is 1.17. The first-order valence-corrected chi connectivity index (χ1v) is 8.95. The molecule has 0 saturated heterocycles. The Balaban J connectivity index is 1.92. The van der Waals surface area contributed by atoms with E-state index >= 15 is 0 Å². The van der Waals surface area contributed by atoms with Crippen molar-refractivity contribution in [3.05, 3.63) is 89.2 Å². The maximum absolute atomic E-state index is 4.55. The molecule has 0 aliphatic heterocycles. The SMILES string of the molecule is Ic1ccnc(-c2cc(-c3ccncc3)cc(-c3ccncc3)c2)c1. The molecule has 4 aromatic rings. The van der Waals surface area contributed by atoms with Crippen LogP contribution in [0.4, 0.5) is 0 Å². The van der Waals surface area contributed by atoms with E-state index in [2.05, 4.69) is 61.8 Å². The van der Waals surface area contributed by atoms with Crippen molar-refractivity contribution >= 4 is 22.6 Å². The number of pyridine rings is 3. The van der Waals surface area contributed by atoms with Crippen molar-refractivity contribution in [2.75, 3.05) is 0 Å². The maximum Gasteiger partial charge on any atom is 0.0712 e. The first-order chi connectivity index (χ1) is 12.3. The maximum atomic E-state index is 4.55. The van der Waals surface area contributed by atoms with Crippen molar-refractivity contribution < 1.29 is 0 Å². The summed E-state index contributed by atoms with van der Waals surface area (Å²) in [5, 5.41) is 0. The van der Waals surface area contributed by atoms with Crippen LogP contribution in [0.5, 0.6) is 0 Å². The molecule has 25 heavy (non-hydrogen) atoms. The fraction of sp³-hybridized carbons (Fsp3) is 0. The second kappa shape index (κ2) is 7.11. The number of nitrogens with zero attached hydrogens (tertiary/aromatic N) is 3. The highest BCUT2D eigenvalue weighted by atomic mass is 127. The van der Waals surface area contributed by atoms with Gasteiger partial charge in [-0.1, -0.05) is 0 Å². The molecular formula is C21H14IN3. The highest BCUT2D eigenvalue weighted by Gasteiger charge is 2.08. The fourth-order valence-electron chi connectivity index (χ4n) is 2.76. The molecule has 0 radical (unpaired) electrons. The minimum Gasteiger partial charge on any atom is -0.265 e. The summed E-state index contributed by atoms with van der Waals surface area (Å²) in [5.41, 5.74) is 6.63. The third kappa shape index (κ3) is 3.58. The quantitative estimate of drug-likeness (QED) is 0.401. The van der Waals surface area contributed by atoms with E-state index in [0.29, 0.717) is 0 Å². The second-order valence-corrected chi connectivity index (χ2v) is 6.88. The monoisotopic (exact) mass is 435 g/mol. The zero-order valence-corrected chi connectivity index (χ0v) is 15.5. The first-order valence-electron chi connectivity index (χ1n) is 7.87. The van der Waals surface area contributed by atoms with Crippen LogP contribution in [0, 0.1) is 3.57 Å². The summed E-state index contributed by atoms with van der Waals surface area (Å²) in [6.45, 7) is 0. The van der Waals surface area contributed by atoms with Gasteiger partial charge in [0.15, 0.2) is 0 Å². The highest BCUT2D eigenvalue weighted by molar-refractivity contribution is 14.1. The second-order valence-electron chi connectivity index (χ2n) is 5.63. The standard InChI is InChI=1S/C21H14IN3/c22-20-5-10-25-21(14-20)19-12-17(15-1-6-23-7-2-15)11-18(13-19)16-3-8-24-9-4-16/h1-14H. The molecule has 1 aromatic carbocycles. The van der Waals surface area contributed by atoms with Gasteiger partial charge in [0, 0.05) is 40.1 Å². The molecule has 4 rings (SSSR count). The lowest BCUT2D eigenvalue weighted by molar-refractivity contribution is 1.31. The smallest absolute Gasteiger partial charge is 0.0712 e. The van der Waals surface area contributed by atoms with Gasteiger partial charge in [0.2, 0.25) is 0 Å². The normalized spacial score (nSPS) is 10.6. The van der Waals surface area contributed by atoms with E-state index in [1.54, 1.807) is 0 Å². The van der Waals surface area contributed by atoms with E-state index < -0.39 is 0 Å². The number of hydrogen-bond acceptors (Lipinski definition) is 3. The molecule has 4 heteroatoms. The van der Waals surface area contributed by atoms with E-state index in [4.69, 9.17) is 0 Å². The molecule has 0 aliphatic carbocycles. The fourth-order valence-corrected chi connectivity index (χ4v) is 3.22. The molecule has 0 amide bonds. The van der Waals surface area contributed by atoms with Gasteiger partial charge in [0.25, 0.3) is 0 Å². The molecule has 0 saturated carbocycles. The Morgan fingerprint density at radius 3 is 1.56 bits per heavy atom. The summed E-state index contributed by atoms with van der Waals surface area (Å²) in [6.07, 6.45) is 9.12. The highest BCUT2D eigenvalue weighted by Crippen LogP contribution is 2.32. The Labute approximate surface area is 160 Å². The molecule has 0 aliphatic rings. The molecule has 120 valence electrons. The van der Waals surface area contributed by atoms with Crippen molar-refractivity contribution in [2.45, 2.75) is 0 Å². The Kier molecular flexibility index (Phi) is 4.52. The zero-order valence-electron chi connectivity index (χ0n) is 13.3. The van der Waals surface area contributed by atoms with Crippen molar-refractivity contribution in [1.82, 2.24) is 15.0 Å². The molecule has 0 fully saturated rings. The third-order valence-electron chi connectivity index (χ3n) is 3.98. The Hall–Kier alpha value is -2.60. The average Bonchev–Trinajstić information content (AvgIpc) is 2.69. The van der Waals surface area contributed by atoms with Gasteiger partial charge in [-0.25, -0.2) is 0 Å². The van der Waals surface area contributed by atoms with E-state index in [1.807, 2.05) is 61.3 Å². The molecular weight excluding hydrogens is 421 g/mol. The van der Waals surface area contributed by atoms with Crippen LogP contribution < -0.4 is 0 Å². The number of aromatic nitrogens is 3. The zero-order chi connectivity index (χ0) is 17.1. The summed E-state index contributed by atoms with van der Waals surface area (Å²) >= 11 is 2.32. The van der Waals surface area contributed by atoms with Gasteiger partial charge in [-0.2, -0.15) is 0 Å². The molecule has 0 unspecified atom stereocenters. The van der Waals surface area contributed by atoms with Crippen LogP contribution in [-0.4, -0.2) is 15.0 Å². The summed E-state index contributed by atoms with van der Waals surface area (Å²) in [6, 6.07) is 18.8. The molecule has 3 heterocycles. The predicted molar refractivity (Wildman–Crippen MR) is 109 cm³/mol. The Morgan fingerprint density at radius 2 is 1.04 bits per heavy atom. The Morgan fingerprint density at radius 1 is 0.520 bits per heavy atom. The van der Waals surface area contributed by atoms with Crippen molar-refractivity contribution in [2.24, 2.45) is 0 Å². The third-order valence-corrected chi connectivity index (χ3v) is 4.65. The van der Waals surface area contributed by atoms with Gasteiger partial charge in [-0.05, 0) is 99.4 Å². The van der Waals surface area contributed by atoms with Gasteiger partial charge in [-0.15, -0.1) is 0 Å². The van der Waals surface area contributed by atoms with E-state index in [1.165, 1.54) is 3.57 Å². The topological polar surface area (TPSA) is 38.7 Å². The lowest BCUT2D eigenvalue weighted by Crippen LogP contribution is -1.89. The summed E-state index contributed by atoms with van der Waals surface area (Å²) in [4.78, 5) is 12.8. The van der Waals surface area contributed by atoms with E-state index in [-0.39, 0.29) is 0 Å². The predicted octanol–water partition coefficient (Wildman–Crippen LogP) is 5.48. The average molecular weight is 435 g/mol. The van der Waals surface area contributed by atoms with Crippen LogP contribution >= 0.6 is 22.6 Å². The number of rotatable bonds is 3. The van der Waals surface area contributed by atoms with Crippen LogP contribution in [0.25, 0.3) is 33.5 Å². The first kappa shape index (κ1) is 15.9. The number of benzene rings is 1. The van der Waals surface area contributed by atoms with Crippen LogP contribution in [-0.2, 0) is 0 Å². The van der Waals surface area contributed by atoms with Crippen LogP contribution in [0.15, 0.2) is 85.6 Å².